The highest BCUT2D eigenvalue weighted by Crippen LogP contribution is 2.18. The molecule has 0 amide bonds. The predicted octanol–water partition coefficient (Wildman–Crippen LogP) is 3.01. The van der Waals surface area contributed by atoms with Crippen LogP contribution < -0.4 is 0 Å². The van der Waals surface area contributed by atoms with Crippen LogP contribution in [0.3, 0.4) is 0 Å². The zero-order valence-electron chi connectivity index (χ0n) is 9.63. The fraction of sp³-hybridized carbons (Fsp3) is 1.00. The van der Waals surface area contributed by atoms with Crippen LogP contribution in [-0.4, -0.2) is 25.9 Å². The van der Waals surface area contributed by atoms with Gasteiger partial charge in [-0.25, -0.2) is 0 Å². The molecule has 0 aromatic rings. The Morgan fingerprint density at radius 2 is 1.86 bits per heavy atom. The summed E-state index contributed by atoms with van der Waals surface area (Å²) in [6.45, 7) is 7.17. The zero-order valence-corrected chi connectivity index (χ0v) is 9.63. The van der Waals surface area contributed by atoms with E-state index in [2.05, 4.69) is 13.8 Å². The summed E-state index contributed by atoms with van der Waals surface area (Å²) in [6.07, 6.45) is 6.97. The van der Waals surface area contributed by atoms with Crippen LogP contribution >= 0.6 is 0 Å². The van der Waals surface area contributed by atoms with Gasteiger partial charge in [0.15, 0.2) is 0 Å². The Kier molecular flexibility index (Phi) is 6.20. The monoisotopic (exact) mass is 200 g/mol. The summed E-state index contributed by atoms with van der Waals surface area (Å²) in [5.41, 5.74) is 0. The molecule has 84 valence electrons. The third-order valence-corrected chi connectivity index (χ3v) is 2.77. The van der Waals surface area contributed by atoms with Crippen LogP contribution in [0.15, 0.2) is 0 Å². The van der Waals surface area contributed by atoms with Crippen molar-refractivity contribution in [2.45, 2.75) is 52.1 Å². The molecule has 1 heterocycles. The molecule has 1 aliphatic rings. The Morgan fingerprint density at radius 3 is 2.36 bits per heavy atom. The summed E-state index contributed by atoms with van der Waals surface area (Å²) in [7, 11) is 0. The van der Waals surface area contributed by atoms with Gasteiger partial charge in [0.1, 0.15) is 6.10 Å². The third kappa shape index (κ3) is 5.61. The van der Waals surface area contributed by atoms with Crippen LogP contribution in [0.25, 0.3) is 0 Å². The molecule has 0 bridgehead atoms. The quantitative estimate of drug-likeness (QED) is 0.421. The van der Waals surface area contributed by atoms with Crippen molar-refractivity contribution in [2.75, 3.05) is 19.8 Å². The first-order valence-corrected chi connectivity index (χ1v) is 6.06. The van der Waals surface area contributed by atoms with Crippen molar-refractivity contribution < 1.29 is 9.47 Å². The fourth-order valence-electron chi connectivity index (χ4n) is 1.88. The molecule has 0 aliphatic carbocycles. The molecule has 1 aliphatic heterocycles. The van der Waals surface area contributed by atoms with Gasteiger partial charge in [-0.2, -0.15) is 0 Å². The Bertz CT molecular complexity index is 126. The molecule has 0 N–H and O–H groups in total. The molecule has 1 saturated heterocycles. The Balaban J connectivity index is 1.93. The molecule has 0 radical (unpaired) electrons. The average molecular weight is 200 g/mol. The summed E-state index contributed by atoms with van der Waals surface area (Å²) in [5, 5.41) is 0. The van der Waals surface area contributed by atoms with E-state index < -0.39 is 0 Å². The first-order chi connectivity index (χ1) is 6.86. The maximum absolute atomic E-state index is 5.56. The molecule has 0 aromatic carbocycles. The normalized spacial score (nSPS) is 20.4. The van der Waals surface area contributed by atoms with E-state index in [4.69, 9.17) is 9.47 Å². The van der Waals surface area contributed by atoms with Crippen molar-refractivity contribution in [1.29, 1.82) is 0 Å². The van der Waals surface area contributed by atoms with Gasteiger partial charge in [0.05, 0.1) is 13.2 Å². The fourth-order valence-corrected chi connectivity index (χ4v) is 1.88. The minimum Gasteiger partial charge on any atom is -0.379 e. The van der Waals surface area contributed by atoms with Gasteiger partial charge in [0.2, 0.25) is 0 Å². The molecular formula is C12H24O2. The average Bonchev–Trinajstić information content (AvgIpc) is 2.96. The van der Waals surface area contributed by atoms with Gasteiger partial charge < -0.3 is 9.47 Å². The minimum atomic E-state index is 0.422. The van der Waals surface area contributed by atoms with Gasteiger partial charge in [0.25, 0.3) is 0 Å². The Morgan fingerprint density at radius 1 is 1.21 bits per heavy atom. The van der Waals surface area contributed by atoms with Gasteiger partial charge in [-0.1, -0.05) is 39.5 Å². The van der Waals surface area contributed by atoms with E-state index in [0.29, 0.717) is 6.10 Å². The third-order valence-electron chi connectivity index (χ3n) is 2.77. The standard InChI is InChI=1S/C12H24O2/c1-3-5-11(6-4-2)7-8-13-9-12-10-14-12/h11-12H,3-10H2,1-2H3. The lowest BCUT2D eigenvalue weighted by Crippen LogP contribution is -2.08. The lowest BCUT2D eigenvalue weighted by molar-refractivity contribution is 0.102. The lowest BCUT2D eigenvalue weighted by atomic mass is 9.95. The molecule has 2 heteroatoms. The minimum absolute atomic E-state index is 0.422. The molecule has 2 nitrogen and oxygen atoms in total. The number of rotatable bonds is 9. The van der Waals surface area contributed by atoms with Crippen molar-refractivity contribution in [3.8, 4) is 0 Å². The molecule has 14 heavy (non-hydrogen) atoms. The maximum Gasteiger partial charge on any atom is 0.104 e. The molecule has 1 rings (SSSR count). The Labute approximate surface area is 88.0 Å². The number of ether oxygens (including phenoxy) is 2. The summed E-state index contributed by atoms with van der Waals surface area (Å²) in [6, 6.07) is 0. The molecule has 1 unspecified atom stereocenters. The van der Waals surface area contributed by atoms with E-state index in [9.17, 15) is 0 Å². The summed E-state index contributed by atoms with van der Waals surface area (Å²) in [5.74, 6) is 0.880. The number of epoxide rings is 1. The largest absolute Gasteiger partial charge is 0.379 e. The highest BCUT2D eigenvalue weighted by atomic mass is 16.6. The van der Waals surface area contributed by atoms with Gasteiger partial charge in [0, 0.05) is 6.61 Å². The van der Waals surface area contributed by atoms with Crippen LogP contribution in [0.2, 0.25) is 0 Å². The van der Waals surface area contributed by atoms with Crippen molar-refractivity contribution in [3.05, 3.63) is 0 Å². The van der Waals surface area contributed by atoms with Gasteiger partial charge in [-0.3, -0.25) is 0 Å². The second kappa shape index (κ2) is 7.24. The van der Waals surface area contributed by atoms with E-state index >= 15 is 0 Å². The van der Waals surface area contributed by atoms with Crippen molar-refractivity contribution in [1.82, 2.24) is 0 Å². The zero-order chi connectivity index (χ0) is 10.2. The first kappa shape index (κ1) is 12.0. The molecule has 0 saturated carbocycles. The van der Waals surface area contributed by atoms with Crippen LogP contribution in [0, 0.1) is 5.92 Å². The summed E-state index contributed by atoms with van der Waals surface area (Å²) < 4.78 is 10.6. The molecule has 1 atom stereocenters. The van der Waals surface area contributed by atoms with E-state index in [-0.39, 0.29) is 0 Å². The van der Waals surface area contributed by atoms with Gasteiger partial charge >= 0.3 is 0 Å². The second-order valence-electron chi connectivity index (χ2n) is 4.26. The summed E-state index contributed by atoms with van der Waals surface area (Å²) in [4.78, 5) is 0. The highest BCUT2D eigenvalue weighted by molar-refractivity contribution is 4.67. The van der Waals surface area contributed by atoms with Crippen molar-refractivity contribution in [2.24, 2.45) is 5.92 Å². The predicted molar refractivity (Wildman–Crippen MR) is 58.5 cm³/mol. The van der Waals surface area contributed by atoms with E-state index in [0.717, 1.165) is 25.7 Å². The lowest BCUT2D eigenvalue weighted by Gasteiger charge is -2.14. The Hall–Kier alpha value is -0.0800. The topological polar surface area (TPSA) is 21.8 Å². The van der Waals surface area contributed by atoms with Crippen LogP contribution in [0.1, 0.15) is 46.0 Å². The molecular weight excluding hydrogens is 176 g/mol. The number of hydrogen-bond donors (Lipinski definition) is 0. The molecule has 0 spiro atoms. The van der Waals surface area contributed by atoms with Gasteiger partial charge in [-0.15, -0.1) is 0 Å². The van der Waals surface area contributed by atoms with E-state index in [1.54, 1.807) is 0 Å². The van der Waals surface area contributed by atoms with Crippen LogP contribution in [-0.2, 0) is 9.47 Å². The number of hydrogen-bond acceptors (Lipinski definition) is 2. The van der Waals surface area contributed by atoms with Crippen molar-refractivity contribution >= 4 is 0 Å². The van der Waals surface area contributed by atoms with E-state index in [1.807, 2.05) is 0 Å². The van der Waals surface area contributed by atoms with Crippen LogP contribution in [0.5, 0.6) is 0 Å². The molecule has 1 fully saturated rings. The maximum atomic E-state index is 5.56. The van der Waals surface area contributed by atoms with Crippen molar-refractivity contribution in [3.63, 3.8) is 0 Å². The first-order valence-electron chi connectivity index (χ1n) is 6.06. The summed E-state index contributed by atoms with van der Waals surface area (Å²) >= 11 is 0. The van der Waals surface area contributed by atoms with E-state index in [1.165, 1.54) is 32.1 Å². The second-order valence-corrected chi connectivity index (χ2v) is 4.26. The smallest absolute Gasteiger partial charge is 0.104 e. The highest BCUT2D eigenvalue weighted by Gasteiger charge is 2.22. The van der Waals surface area contributed by atoms with Gasteiger partial charge in [-0.05, 0) is 12.3 Å². The SMILES string of the molecule is CCCC(CCC)CCOCC1CO1. The molecule has 0 aromatic heterocycles. The van der Waals surface area contributed by atoms with Crippen LogP contribution in [0.4, 0.5) is 0 Å².